The van der Waals surface area contributed by atoms with Crippen molar-refractivity contribution in [3.05, 3.63) is 64.3 Å². The maximum Gasteiger partial charge on any atom is 0.251 e. The normalized spacial score (nSPS) is 11.7. The van der Waals surface area contributed by atoms with Crippen LogP contribution in [0.4, 0.5) is 0 Å². The van der Waals surface area contributed by atoms with Crippen molar-refractivity contribution in [1.82, 2.24) is 10.3 Å². The van der Waals surface area contributed by atoms with Gasteiger partial charge in [0.05, 0.1) is 10.4 Å². The number of primary sulfonamides is 1. The summed E-state index contributed by atoms with van der Waals surface area (Å²) in [7, 11) is -3.77. The highest BCUT2D eigenvalue weighted by atomic mass is 32.2. The summed E-state index contributed by atoms with van der Waals surface area (Å²) in [4.78, 5) is 15.7. The zero-order valence-electron chi connectivity index (χ0n) is 14.9. The average molecular weight is 371 g/mol. The van der Waals surface area contributed by atoms with Crippen LogP contribution < -0.4 is 10.5 Å². The van der Waals surface area contributed by atoms with Crippen LogP contribution in [0.3, 0.4) is 0 Å². The Morgan fingerprint density at radius 1 is 1.12 bits per heavy atom. The molecule has 136 valence electrons. The maximum atomic E-state index is 12.4. The number of hydrogen-bond acceptors (Lipinski definition) is 3. The summed E-state index contributed by atoms with van der Waals surface area (Å²) in [5.41, 5.74) is 5.84. The monoisotopic (exact) mass is 371 g/mol. The Labute approximate surface area is 152 Å². The minimum absolute atomic E-state index is 0.0215. The van der Waals surface area contributed by atoms with E-state index in [2.05, 4.69) is 23.3 Å². The minimum atomic E-state index is -3.77. The van der Waals surface area contributed by atoms with E-state index >= 15 is 0 Å². The lowest BCUT2D eigenvalue weighted by atomic mass is 10.0. The van der Waals surface area contributed by atoms with Gasteiger partial charge in [-0.25, -0.2) is 13.6 Å². The van der Waals surface area contributed by atoms with E-state index in [1.165, 1.54) is 29.8 Å². The molecular weight excluding hydrogens is 350 g/mol. The number of H-pyrrole nitrogens is 1. The summed E-state index contributed by atoms with van der Waals surface area (Å²) in [6.45, 7) is 6.49. The predicted octanol–water partition coefficient (Wildman–Crippen LogP) is 2.67. The van der Waals surface area contributed by atoms with Crippen LogP contribution in [-0.4, -0.2) is 19.3 Å². The van der Waals surface area contributed by atoms with Crippen molar-refractivity contribution in [3.63, 3.8) is 0 Å². The molecule has 2 aromatic carbocycles. The molecule has 1 heterocycles. The summed E-state index contributed by atoms with van der Waals surface area (Å²) >= 11 is 0. The number of nitrogens with one attached hydrogen (secondary N) is 2. The summed E-state index contributed by atoms with van der Waals surface area (Å²) in [5.74, 6) is -0.277. The molecule has 4 N–H and O–H groups in total. The van der Waals surface area contributed by atoms with E-state index in [4.69, 9.17) is 5.14 Å². The fraction of sp³-hybridized carbons (Fsp3) is 0.211. The minimum Gasteiger partial charge on any atom is -0.358 e. The molecule has 1 amide bonds. The van der Waals surface area contributed by atoms with Crippen molar-refractivity contribution in [1.29, 1.82) is 0 Å². The Balaban J connectivity index is 1.82. The van der Waals surface area contributed by atoms with Gasteiger partial charge >= 0.3 is 0 Å². The van der Waals surface area contributed by atoms with Crippen LogP contribution in [0.15, 0.2) is 41.3 Å². The van der Waals surface area contributed by atoms with Crippen LogP contribution in [0.2, 0.25) is 0 Å². The highest BCUT2D eigenvalue weighted by Crippen LogP contribution is 2.26. The molecule has 0 fully saturated rings. The Hall–Kier alpha value is -2.64. The van der Waals surface area contributed by atoms with Crippen LogP contribution in [0.5, 0.6) is 0 Å². The number of aromatic nitrogens is 1. The van der Waals surface area contributed by atoms with E-state index in [1.54, 1.807) is 0 Å². The molecule has 0 unspecified atom stereocenters. The number of amides is 1. The lowest BCUT2D eigenvalue weighted by Gasteiger charge is -2.09. The number of sulfonamides is 1. The predicted molar refractivity (Wildman–Crippen MR) is 101 cm³/mol. The second kappa shape index (κ2) is 6.59. The number of aromatic amines is 1. The first kappa shape index (κ1) is 18.2. The number of aryl methyl sites for hydroxylation is 3. The van der Waals surface area contributed by atoms with Gasteiger partial charge in [-0.15, -0.1) is 0 Å². The molecular formula is C19H21N3O3S. The van der Waals surface area contributed by atoms with Gasteiger partial charge in [-0.1, -0.05) is 11.6 Å². The van der Waals surface area contributed by atoms with Crippen molar-refractivity contribution >= 4 is 26.8 Å². The van der Waals surface area contributed by atoms with Crippen molar-refractivity contribution in [2.45, 2.75) is 32.2 Å². The number of benzene rings is 2. The Morgan fingerprint density at radius 2 is 1.77 bits per heavy atom. The number of carbonyl (C=O) groups excluding carboxylic acids is 1. The standard InChI is InChI=1S/C19H21N3O3S/c1-11-8-15(18-17(9-11)12(2)13(3)22-18)10-21-19(23)14-4-6-16(7-5-14)26(20,24)25/h4-9,22H,10H2,1-3H3,(H,21,23)(H2,20,24,25). The van der Waals surface area contributed by atoms with Crippen LogP contribution in [-0.2, 0) is 16.6 Å². The number of hydrogen-bond donors (Lipinski definition) is 3. The molecule has 3 aromatic rings. The molecule has 0 aliphatic carbocycles. The average Bonchev–Trinajstić information content (AvgIpc) is 2.87. The van der Waals surface area contributed by atoms with E-state index in [0.717, 1.165) is 27.7 Å². The second-order valence-electron chi connectivity index (χ2n) is 6.47. The highest BCUT2D eigenvalue weighted by Gasteiger charge is 2.13. The largest absolute Gasteiger partial charge is 0.358 e. The van der Waals surface area contributed by atoms with Gasteiger partial charge in [-0.05, 0) is 62.2 Å². The Bertz CT molecular complexity index is 1100. The molecule has 0 radical (unpaired) electrons. The smallest absolute Gasteiger partial charge is 0.251 e. The third-order valence-corrected chi connectivity index (χ3v) is 5.46. The van der Waals surface area contributed by atoms with E-state index < -0.39 is 10.0 Å². The van der Waals surface area contributed by atoms with Crippen LogP contribution in [0, 0.1) is 20.8 Å². The molecule has 26 heavy (non-hydrogen) atoms. The summed E-state index contributed by atoms with van der Waals surface area (Å²) in [5, 5.41) is 9.11. The van der Waals surface area contributed by atoms with Gasteiger partial charge in [0.15, 0.2) is 0 Å². The first-order valence-electron chi connectivity index (χ1n) is 8.16. The fourth-order valence-electron chi connectivity index (χ4n) is 3.00. The van der Waals surface area contributed by atoms with Gasteiger partial charge in [0.1, 0.15) is 0 Å². The van der Waals surface area contributed by atoms with Gasteiger partial charge in [-0.2, -0.15) is 0 Å². The van der Waals surface area contributed by atoms with Gasteiger partial charge in [0, 0.05) is 23.2 Å². The van der Waals surface area contributed by atoms with Crippen LogP contribution >= 0.6 is 0 Å². The number of carbonyl (C=O) groups is 1. The molecule has 0 atom stereocenters. The molecule has 0 aliphatic rings. The SMILES string of the molecule is Cc1cc(CNC(=O)c2ccc(S(N)(=O)=O)cc2)c2[nH]c(C)c(C)c2c1. The van der Waals surface area contributed by atoms with E-state index in [0.29, 0.717) is 12.1 Å². The second-order valence-corrected chi connectivity index (χ2v) is 8.04. The molecule has 0 saturated heterocycles. The van der Waals surface area contributed by atoms with E-state index in [1.807, 2.05) is 19.9 Å². The zero-order chi connectivity index (χ0) is 19.1. The number of fused-ring (bicyclic) bond motifs is 1. The molecule has 6 nitrogen and oxygen atoms in total. The molecule has 0 saturated carbocycles. The molecule has 0 bridgehead atoms. The van der Waals surface area contributed by atoms with Crippen molar-refractivity contribution in [2.24, 2.45) is 5.14 Å². The molecule has 0 aliphatic heterocycles. The summed E-state index contributed by atoms with van der Waals surface area (Å²) < 4.78 is 22.6. The number of nitrogens with two attached hydrogens (primary N) is 1. The van der Waals surface area contributed by atoms with Crippen molar-refractivity contribution < 1.29 is 13.2 Å². The lowest BCUT2D eigenvalue weighted by molar-refractivity contribution is 0.0951. The van der Waals surface area contributed by atoms with Crippen LogP contribution in [0.25, 0.3) is 10.9 Å². The van der Waals surface area contributed by atoms with Crippen molar-refractivity contribution in [2.75, 3.05) is 0 Å². The first-order chi connectivity index (χ1) is 12.2. The fourth-order valence-corrected chi connectivity index (χ4v) is 3.52. The van der Waals surface area contributed by atoms with E-state index in [-0.39, 0.29) is 10.8 Å². The molecule has 1 aromatic heterocycles. The van der Waals surface area contributed by atoms with Gasteiger partial charge < -0.3 is 10.3 Å². The third kappa shape index (κ3) is 3.49. The Morgan fingerprint density at radius 3 is 2.38 bits per heavy atom. The van der Waals surface area contributed by atoms with E-state index in [9.17, 15) is 13.2 Å². The van der Waals surface area contributed by atoms with Crippen LogP contribution in [0.1, 0.15) is 32.7 Å². The summed E-state index contributed by atoms with van der Waals surface area (Å²) in [6, 6.07) is 9.72. The van der Waals surface area contributed by atoms with Gasteiger partial charge in [-0.3, -0.25) is 4.79 Å². The summed E-state index contributed by atoms with van der Waals surface area (Å²) in [6.07, 6.45) is 0. The first-order valence-corrected chi connectivity index (χ1v) is 9.71. The topological polar surface area (TPSA) is 105 Å². The third-order valence-electron chi connectivity index (χ3n) is 4.53. The zero-order valence-corrected chi connectivity index (χ0v) is 15.7. The maximum absolute atomic E-state index is 12.4. The van der Waals surface area contributed by atoms with Crippen molar-refractivity contribution in [3.8, 4) is 0 Å². The quantitative estimate of drug-likeness (QED) is 0.656. The van der Waals surface area contributed by atoms with Gasteiger partial charge in [0.2, 0.25) is 10.0 Å². The number of rotatable bonds is 4. The molecule has 7 heteroatoms. The highest BCUT2D eigenvalue weighted by molar-refractivity contribution is 7.89. The Kier molecular flexibility index (Phi) is 4.60. The molecule has 3 rings (SSSR count). The lowest BCUT2D eigenvalue weighted by Crippen LogP contribution is -2.23. The van der Waals surface area contributed by atoms with Gasteiger partial charge in [0.25, 0.3) is 5.91 Å². The molecule has 0 spiro atoms.